The second-order valence-electron chi connectivity index (χ2n) is 7.35. The molecule has 2 aliphatic rings. The molecule has 0 radical (unpaired) electrons. The highest BCUT2D eigenvalue weighted by molar-refractivity contribution is 5.92. The molecule has 1 aromatic carbocycles. The van der Waals surface area contributed by atoms with Crippen molar-refractivity contribution in [3.63, 3.8) is 0 Å². The molecule has 4 rings (SSSR count). The highest BCUT2D eigenvalue weighted by Crippen LogP contribution is 2.49. The molecule has 2 atom stereocenters. The standard InChI is InChI=1S/C20H19F4N3O/c21-13-4-5-17(20(22,23)24)12(7-13)10-27(11-16-14-8-25-9-15(14)16)19(28)18-3-1-2-6-26-18/h1-7,14-16,25H,8-11H2. The Morgan fingerprint density at radius 3 is 2.57 bits per heavy atom. The molecule has 2 aromatic rings. The number of hydrogen-bond acceptors (Lipinski definition) is 3. The van der Waals surface area contributed by atoms with E-state index in [1.165, 1.54) is 17.2 Å². The van der Waals surface area contributed by atoms with Crippen molar-refractivity contribution in [3.8, 4) is 0 Å². The first-order chi connectivity index (χ1) is 13.3. The number of nitrogens with one attached hydrogen (secondary N) is 1. The Labute approximate surface area is 159 Å². The van der Waals surface area contributed by atoms with Gasteiger partial charge in [0, 0.05) is 19.3 Å². The van der Waals surface area contributed by atoms with Crippen LogP contribution in [0.2, 0.25) is 0 Å². The maximum absolute atomic E-state index is 13.7. The minimum Gasteiger partial charge on any atom is -0.333 e. The first kappa shape index (κ1) is 18.9. The van der Waals surface area contributed by atoms with Crippen molar-refractivity contribution in [2.75, 3.05) is 19.6 Å². The number of pyridine rings is 1. The van der Waals surface area contributed by atoms with Gasteiger partial charge in [-0.15, -0.1) is 0 Å². The number of hydrogen-bond donors (Lipinski definition) is 1. The third kappa shape index (κ3) is 3.73. The Morgan fingerprint density at radius 1 is 1.18 bits per heavy atom. The molecule has 0 spiro atoms. The highest BCUT2D eigenvalue weighted by Gasteiger charge is 2.53. The smallest absolute Gasteiger partial charge is 0.333 e. The fourth-order valence-electron chi connectivity index (χ4n) is 4.12. The lowest BCUT2D eigenvalue weighted by molar-refractivity contribution is -0.138. The molecule has 1 aromatic heterocycles. The van der Waals surface area contributed by atoms with E-state index in [9.17, 15) is 22.4 Å². The number of piperidine rings is 1. The quantitative estimate of drug-likeness (QED) is 0.793. The first-order valence-corrected chi connectivity index (χ1v) is 9.11. The summed E-state index contributed by atoms with van der Waals surface area (Å²) < 4.78 is 53.8. The van der Waals surface area contributed by atoms with Crippen LogP contribution >= 0.6 is 0 Å². The summed E-state index contributed by atoms with van der Waals surface area (Å²) in [5.41, 5.74) is -1.01. The number of fused-ring (bicyclic) bond motifs is 1. The average Bonchev–Trinajstić information content (AvgIpc) is 3.08. The van der Waals surface area contributed by atoms with Crippen molar-refractivity contribution >= 4 is 5.91 Å². The number of amides is 1. The van der Waals surface area contributed by atoms with Crippen LogP contribution in [0.4, 0.5) is 17.6 Å². The van der Waals surface area contributed by atoms with Crippen LogP contribution in [0.15, 0.2) is 42.6 Å². The van der Waals surface area contributed by atoms with E-state index in [-0.39, 0.29) is 23.7 Å². The molecule has 2 heterocycles. The van der Waals surface area contributed by atoms with E-state index in [4.69, 9.17) is 0 Å². The summed E-state index contributed by atoms with van der Waals surface area (Å²) in [4.78, 5) is 18.4. The Bertz CT molecular complexity index is 861. The van der Waals surface area contributed by atoms with E-state index in [0.29, 0.717) is 18.4 Å². The summed E-state index contributed by atoms with van der Waals surface area (Å²) in [6.07, 6.45) is -3.16. The monoisotopic (exact) mass is 393 g/mol. The second kappa shape index (κ2) is 7.16. The molecule has 0 bridgehead atoms. The number of benzene rings is 1. The molecule has 8 heteroatoms. The number of carbonyl (C=O) groups is 1. The largest absolute Gasteiger partial charge is 0.416 e. The van der Waals surface area contributed by atoms with Crippen LogP contribution in [0.3, 0.4) is 0 Å². The third-order valence-electron chi connectivity index (χ3n) is 5.61. The van der Waals surface area contributed by atoms with Crippen molar-refractivity contribution in [1.29, 1.82) is 0 Å². The highest BCUT2D eigenvalue weighted by atomic mass is 19.4. The minimum absolute atomic E-state index is 0.163. The predicted molar refractivity (Wildman–Crippen MR) is 93.7 cm³/mol. The molecular formula is C20H19F4N3O. The van der Waals surface area contributed by atoms with Crippen LogP contribution in [-0.2, 0) is 12.7 Å². The zero-order valence-electron chi connectivity index (χ0n) is 14.9. The molecular weight excluding hydrogens is 374 g/mol. The van der Waals surface area contributed by atoms with Gasteiger partial charge in [0.2, 0.25) is 0 Å². The normalized spacial score (nSPS) is 23.4. The van der Waals surface area contributed by atoms with E-state index < -0.39 is 23.5 Å². The van der Waals surface area contributed by atoms with Gasteiger partial charge in [-0.05, 0) is 66.7 Å². The molecule has 148 valence electrons. The topological polar surface area (TPSA) is 45.2 Å². The molecule has 1 N–H and O–H groups in total. The van der Waals surface area contributed by atoms with Gasteiger partial charge in [0.1, 0.15) is 11.5 Å². The van der Waals surface area contributed by atoms with E-state index in [2.05, 4.69) is 10.3 Å². The number of halogens is 4. The van der Waals surface area contributed by atoms with Crippen molar-refractivity contribution in [1.82, 2.24) is 15.2 Å². The van der Waals surface area contributed by atoms with Crippen LogP contribution < -0.4 is 5.32 Å². The fourth-order valence-corrected chi connectivity index (χ4v) is 4.12. The van der Waals surface area contributed by atoms with Crippen LogP contribution in [0, 0.1) is 23.6 Å². The van der Waals surface area contributed by atoms with E-state index >= 15 is 0 Å². The van der Waals surface area contributed by atoms with Gasteiger partial charge in [-0.25, -0.2) is 4.39 Å². The van der Waals surface area contributed by atoms with Gasteiger partial charge in [0.25, 0.3) is 5.91 Å². The van der Waals surface area contributed by atoms with Crippen LogP contribution in [0.25, 0.3) is 0 Å². The van der Waals surface area contributed by atoms with E-state index in [1.54, 1.807) is 12.1 Å². The van der Waals surface area contributed by atoms with E-state index in [1.807, 2.05) is 0 Å². The minimum atomic E-state index is -4.62. The maximum atomic E-state index is 13.7. The molecule has 2 unspecified atom stereocenters. The number of aromatic nitrogens is 1. The molecule has 1 saturated heterocycles. The zero-order chi connectivity index (χ0) is 19.9. The van der Waals surface area contributed by atoms with Gasteiger partial charge in [-0.1, -0.05) is 6.07 Å². The number of nitrogens with zero attached hydrogens (tertiary/aromatic N) is 2. The summed E-state index contributed by atoms with van der Waals surface area (Å²) in [5.74, 6) is -0.0873. The van der Waals surface area contributed by atoms with Crippen LogP contribution in [0.1, 0.15) is 21.6 Å². The van der Waals surface area contributed by atoms with Crippen molar-refractivity contribution in [2.24, 2.45) is 17.8 Å². The van der Waals surface area contributed by atoms with Gasteiger partial charge < -0.3 is 10.2 Å². The summed E-state index contributed by atoms with van der Waals surface area (Å²) in [6, 6.07) is 7.21. The first-order valence-electron chi connectivity index (χ1n) is 9.11. The lowest BCUT2D eigenvalue weighted by atomic mass is 10.1. The molecule has 1 aliphatic carbocycles. The van der Waals surface area contributed by atoms with Crippen molar-refractivity contribution in [3.05, 3.63) is 65.2 Å². The third-order valence-corrected chi connectivity index (χ3v) is 5.61. The number of alkyl halides is 3. The van der Waals surface area contributed by atoms with E-state index in [0.717, 1.165) is 31.3 Å². The number of carbonyl (C=O) groups excluding carboxylic acids is 1. The lowest BCUT2D eigenvalue weighted by Crippen LogP contribution is -2.35. The van der Waals surface area contributed by atoms with Crippen molar-refractivity contribution in [2.45, 2.75) is 12.7 Å². The summed E-state index contributed by atoms with van der Waals surface area (Å²) >= 11 is 0. The fraction of sp³-hybridized carbons (Fsp3) is 0.400. The molecule has 1 amide bonds. The molecule has 4 nitrogen and oxygen atoms in total. The SMILES string of the molecule is O=C(c1ccccn1)N(Cc1cc(F)ccc1C(F)(F)F)CC1C2CNCC21. The summed E-state index contributed by atoms with van der Waals surface area (Å²) in [7, 11) is 0. The summed E-state index contributed by atoms with van der Waals surface area (Å²) in [6.45, 7) is 1.73. The van der Waals surface area contributed by atoms with Crippen molar-refractivity contribution < 1.29 is 22.4 Å². The van der Waals surface area contributed by atoms with Crippen LogP contribution in [-0.4, -0.2) is 35.4 Å². The van der Waals surface area contributed by atoms with Crippen LogP contribution in [0.5, 0.6) is 0 Å². The maximum Gasteiger partial charge on any atom is 0.416 e. The molecule has 1 saturated carbocycles. The second-order valence-corrected chi connectivity index (χ2v) is 7.35. The number of rotatable bonds is 5. The van der Waals surface area contributed by atoms with Gasteiger partial charge in [-0.3, -0.25) is 9.78 Å². The molecule has 2 fully saturated rings. The average molecular weight is 393 g/mol. The van der Waals surface area contributed by atoms with Gasteiger partial charge in [0.15, 0.2) is 0 Å². The van der Waals surface area contributed by atoms with Gasteiger partial charge in [0.05, 0.1) is 5.56 Å². The lowest BCUT2D eigenvalue weighted by Gasteiger charge is -2.25. The Kier molecular flexibility index (Phi) is 4.82. The molecule has 1 aliphatic heterocycles. The Balaban J connectivity index is 1.62. The molecule has 28 heavy (non-hydrogen) atoms. The summed E-state index contributed by atoms with van der Waals surface area (Å²) in [5, 5.41) is 3.26. The predicted octanol–water partition coefficient (Wildman–Crippen LogP) is 3.35. The van der Waals surface area contributed by atoms with Gasteiger partial charge in [-0.2, -0.15) is 13.2 Å². The van der Waals surface area contributed by atoms with Gasteiger partial charge >= 0.3 is 6.18 Å². The Hall–Kier alpha value is -2.48. The zero-order valence-corrected chi connectivity index (χ0v) is 14.9. The Morgan fingerprint density at radius 2 is 1.93 bits per heavy atom.